The molecule has 0 aliphatic heterocycles. The molecule has 2 aromatic heterocycles. The Kier molecular flexibility index (Phi) is 3.65. The second-order valence-electron chi connectivity index (χ2n) is 6.47. The third-order valence-corrected chi connectivity index (χ3v) is 4.11. The Labute approximate surface area is 140 Å². The van der Waals surface area contributed by atoms with Crippen LogP contribution >= 0.6 is 0 Å². The Morgan fingerprint density at radius 2 is 2.00 bits per heavy atom. The number of imidazole rings is 1. The Bertz CT molecular complexity index is 968. The molecule has 2 heterocycles. The topological polar surface area (TPSA) is 43.9 Å². The number of benzene rings is 2. The molecule has 4 heteroatoms. The van der Waals surface area contributed by atoms with Crippen LogP contribution in [0, 0.1) is 5.92 Å². The summed E-state index contributed by atoms with van der Waals surface area (Å²) in [6.45, 7) is 4.47. The molecule has 0 saturated heterocycles. The summed E-state index contributed by atoms with van der Waals surface area (Å²) in [7, 11) is 0. The number of aromatic nitrogens is 3. The fourth-order valence-electron chi connectivity index (χ4n) is 3.04. The summed E-state index contributed by atoms with van der Waals surface area (Å²) in [5.74, 6) is 0.642. The van der Waals surface area contributed by atoms with Crippen LogP contribution in [-0.2, 0) is 6.42 Å². The smallest absolute Gasteiger partial charge is 0.124 e. The maximum Gasteiger partial charge on any atom is 0.124 e. The lowest BCUT2D eigenvalue weighted by Gasteiger charge is -2.07. The predicted molar refractivity (Wildman–Crippen MR) is 95.1 cm³/mol. The van der Waals surface area contributed by atoms with Crippen molar-refractivity contribution in [2.45, 2.75) is 20.3 Å². The minimum atomic E-state index is 0.642. The lowest BCUT2D eigenvalue weighted by atomic mass is 10.0. The highest BCUT2D eigenvalue weighted by Crippen LogP contribution is 2.24. The molecule has 0 spiro atoms. The second-order valence-corrected chi connectivity index (χ2v) is 6.47. The first kappa shape index (κ1) is 14.7. The monoisotopic (exact) mass is 317 g/mol. The first-order valence-corrected chi connectivity index (χ1v) is 8.18. The molecule has 0 N–H and O–H groups in total. The molecule has 0 fully saturated rings. The first-order chi connectivity index (χ1) is 11.7. The third-order valence-electron chi connectivity index (χ3n) is 4.11. The quantitative estimate of drug-likeness (QED) is 0.539. The molecule has 24 heavy (non-hydrogen) atoms. The fourth-order valence-corrected chi connectivity index (χ4v) is 3.04. The van der Waals surface area contributed by atoms with Crippen LogP contribution in [-0.4, -0.2) is 14.7 Å². The molecule has 0 unspecified atom stereocenters. The van der Waals surface area contributed by atoms with E-state index in [1.165, 1.54) is 5.56 Å². The SMILES string of the molecule is CC(C)Cc1ccc2c(c1)ncn2-c1cccc(-c2ccon2)c1. The maximum atomic E-state index is 4.95. The predicted octanol–water partition coefficient (Wildman–Crippen LogP) is 4.88. The average Bonchev–Trinajstić information content (AvgIpc) is 3.24. The fraction of sp³-hybridized carbons (Fsp3) is 0.200. The summed E-state index contributed by atoms with van der Waals surface area (Å²) in [4.78, 5) is 4.58. The highest BCUT2D eigenvalue weighted by molar-refractivity contribution is 5.78. The largest absolute Gasteiger partial charge is 0.364 e. The molecular weight excluding hydrogens is 298 g/mol. The van der Waals surface area contributed by atoms with Gasteiger partial charge in [-0.05, 0) is 42.2 Å². The van der Waals surface area contributed by atoms with Gasteiger partial charge in [0.1, 0.15) is 18.3 Å². The van der Waals surface area contributed by atoms with Crippen molar-refractivity contribution in [1.29, 1.82) is 0 Å². The highest BCUT2D eigenvalue weighted by Gasteiger charge is 2.08. The van der Waals surface area contributed by atoms with Crippen molar-refractivity contribution in [2.75, 3.05) is 0 Å². The van der Waals surface area contributed by atoms with Gasteiger partial charge in [0.2, 0.25) is 0 Å². The number of fused-ring (bicyclic) bond motifs is 1. The molecular formula is C20H19N3O. The van der Waals surface area contributed by atoms with Gasteiger partial charge in [0.05, 0.1) is 11.0 Å². The van der Waals surface area contributed by atoms with Crippen molar-refractivity contribution in [3.05, 3.63) is 66.7 Å². The Hall–Kier alpha value is -2.88. The standard InChI is InChI=1S/C20H19N3O/c1-14(2)10-15-6-7-20-19(11-15)21-13-23(20)17-5-3-4-16(12-17)18-8-9-24-22-18/h3-9,11-14H,10H2,1-2H3. The Morgan fingerprint density at radius 1 is 1.08 bits per heavy atom. The van der Waals surface area contributed by atoms with Crippen LogP contribution in [0.4, 0.5) is 0 Å². The Balaban J connectivity index is 1.76. The molecule has 4 rings (SSSR count). The molecule has 4 nitrogen and oxygen atoms in total. The summed E-state index contributed by atoms with van der Waals surface area (Å²) in [5, 5.41) is 4.01. The molecule has 0 aliphatic carbocycles. The minimum Gasteiger partial charge on any atom is -0.364 e. The van der Waals surface area contributed by atoms with Crippen LogP contribution in [0.15, 0.2) is 65.6 Å². The summed E-state index contributed by atoms with van der Waals surface area (Å²) in [6, 6.07) is 16.6. The summed E-state index contributed by atoms with van der Waals surface area (Å²) in [5.41, 5.74) is 6.40. The van der Waals surface area contributed by atoms with E-state index in [1.807, 2.05) is 24.5 Å². The zero-order valence-electron chi connectivity index (χ0n) is 13.8. The van der Waals surface area contributed by atoms with Crippen molar-refractivity contribution in [1.82, 2.24) is 14.7 Å². The lowest BCUT2D eigenvalue weighted by molar-refractivity contribution is 0.422. The number of hydrogen-bond donors (Lipinski definition) is 0. The Morgan fingerprint density at radius 3 is 2.79 bits per heavy atom. The second kappa shape index (κ2) is 5.96. The molecule has 0 saturated carbocycles. The van der Waals surface area contributed by atoms with E-state index in [4.69, 9.17) is 4.52 Å². The zero-order chi connectivity index (χ0) is 16.5. The van der Waals surface area contributed by atoms with Crippen LogP contribution in [0.25, 0.3) is 28.0 Å². The number of rotatable bonds is 4. The van der Waals surface area contributed by atoms with Crippen LogP contribution in [0.1, 0.15) is 19.4 Å². The first-order valence-electron chi connectivity index (χ1n) is 8.18. The van der Waals surface area contributed by atoms with E-state index in [9.17, 15) is 0 Å². The van der Waals surface area contributed by atoms with Crippen molar-refractivity contribution in [3.63, 3.8) is 0 Å². The van der Waals surface area contributed by atoms with Crippen LogP contribution in [0.3, 0.4) is 0 Å². The van der Waals surface area contributed by atoms with Crippen molar-refractivity contribution < 1.29 is 4.52 Å². The third kappa shape index (κ3) is 2.71. The normalized spacial score (nSPS) is 11.5. The summed E-state index contributed by atoms with van der Waals surface area (Å²) >= 11 is 0. The molecule has 0 aliphatic rings. The maximum absolute atomic E-state index is 4.95. The van der Waals surface area contributed by atoms with E-state index in [1.54, 1.807) is 6.26 Å². The van der Waals surface area contributed by atoms with Gasteiger partial charge in [-0.25, -0.2) is 4.98 Å². The molecule has 0 atom stereocenters. The van der Waals surface area contributed by atoms with Crippen molar-refractivity contribution in [3.8, 4) is 16.9 Å². The van der Waals surface area contributed by atoms with E-state index in [0.717, 1.165) is 34.4 Å². The molecule has 0 bridgehead atoms. The number of hydrogen-bond acceptors (Lipinski definition) is 3. The van der Waals surface area contributed by atoms with Crippen LogP contribution < -0.4 is 0 Å². The van der Waals surface area contributed by atoms with Crippen LogP contribution in [0.2, 0.25) is 0 Å². The lowest BCUT2D eigenvalue weighted by Crippen LogP contribution is -1.95. The van der Waals surface area contributed by atoms with E-state index in [0.29, 0.717) is 5.92 Å². The van der Waals surface area contributed by atoms with Gasteiger partial charge in [-0.1, -0.05) is 37.2 Å². The minimum absolute atomic E-state index is 0.642. The van der Waals surface area contributed by atoms with Crippen LogP contribution in [0.5, 0.6) is 0 Å². The average molecular weight is 317 g/mol. The van der Waals surface area contributed by atoms with Gasteiger partial charge >= 0.3 is 0 Å². The van der Waals surface area contributed by atoms with Gasteiger partial charge in [0.15, 0.2) is 0 Å². The number of nitrogens with zero attached hydrogens (tertiary/aromatic N) is 3. The summed E-state index contributed by atoms with van der Waals surface area (Å²) < 4.78 is 7.05. The molecule has 4 aromatic rings. The molecule has 120 valence electrons. The van der Waals surface area contributed by atoms with E-state index >= 15 is 0 Å². The molecule has 0 amide bonds. The van der Waals surface area contributed by atoms with Crippen molar-refractivity contribution in [2.24, 2.45) is 5.92 Å². The van der Waals surface area contributed by atoms with Gasteiger partial charge in [0, 0.05) is 17.3 Å². The molecule has 0 radical (unpaired) electrons. The van der Waals surface area contributed by atoms with E-state index < -0.39 is 0 Å². The van der Waals surface area contributed by atoms with Gasteiger partial charge < -0.3 is 4.52 Å². The van der Waals surface area contributed by atoms with Gasteiger partial charge in [0.25, 0.3) is 0 Å². The van der Waals surface area contributed by atoms with E-state index in [-0.39, 0.29) is 0 Å². The van der Waals surface area contributed by atoms with Gasteiger partial charge in [-0.2, -0.15) is 0 Å². The molecule has 2 aromatic carbocycles. The van der Waals surface area contributed by atoms with Gasteiger partial charge in [-0.15, -0.1) is 0 Å². The summed E-state index contributed by atoms with van der Waals surface area (Å²) in [6.07, 6.45) is 4.54. The van der Waals surface area contributed by atoms with E-state index in [2.05, 4.69) is 58.9 Å². The van der Waals surface area contributed by atoms with Gasteiger partial charge in [-0.3, -0.25) is 4.57 Å². The van der Waals surface area contributed by atoms with Crippen molar-refractivity contribution >= 4 is 11.0 Å². The zero-order valence-corrected chi connectivity index (χ0v) is 13.8. The highest BCUT2D eigenvalue weighted by atomic mass is 16.5.